The van der Waals surface area contributed by atoms with Crippen molar-refractivity contribution in [3.05, 3.63) is 35.9 Å². The fourth-order valence-electron chi connectivity index (χ4n) is 4.99. The molecule has 2 atom stereocenters. The first kappa shape index (κ1) is 20.8. The highest BCUT2D eigenvalue weighted by Crippen LogP contribution is 2.39. The summed E-state index contributed by atoms with van der Waals surface area (Å²) in [5.41, 5.74) is 1.45. The van der Waals surface area contributed by atoms with E-state index in [9.17, 15) is 9.59 Å². The van der Waals surface area contributed by atoms with Crippen molar-refractivity contribution in [2.24, 2.45) is 0 Å². The van der Waals surface area contributed by atoms with E-state index in [1.54, 1.807) is 6.92 Å². The van der Waals surface area contributed by atoms with Crippen LogP contribution in [0.25, 0.3) is 0 Å². The summed E-state index contributed by atoms with van der Waals surface area (Å²) in [7, 11) is 2.07. The summed E-state index contributed by atoms with van der Waals surface area (Å²) in [5.74, 6) is 0.159. The van der Waals surface area contributed by atoms with Crippen LogP contribution in [-0.2, 0) is 15.0 Å². The molecule has 0 spiro atoms. The molecule has 2 N–H and O–H groups in total. The normalized spacial score (nSPS) is 24.6. The Morgan fingerprint density at radius 2 is 1.71 bits per heavy atom. The van der Waals surface area contributed by atoms with Gasteiger partial charge in [0.15, 0.2) is 0 Å². The SMILES string of the molecule is CC(=O)NC[C@H]1CC[C@@H](CC(=O)NCC2(c3ccccc3)CCCCC2)N1C. The summed E-state index contributed by atoms with van der Waals surface area (Å²) in [5, 5.41) is 6.17. The maximum atomic E-state index is 12.7. The molecule has 2 amide bonds. The predicted octanol–water partition coefficient (Wildman–Crippen LogP) is 2.99. The minimum absolute atomic E-state index is 0.00767. The van der Waals surface area contributed by atoms with E-state index in [1.165, 1.54) is 24.8 Å². The van der Waals surface area contributed by atoms with Crippen molar-refractivity contribution in [2.75, 3.05) is 20.1 Å². The molecule has 5 nitrogen and oxygen atoms in total. The molecule has 1 saturated heterocycles. The number of nitrogens with one attached hydrogen (secondary N) is 2. The van der Waals surface area contributed by atoms with E-state index in [0.717, 1.165) is 32.2 Å². The number of hydrogen-bond acceptors (Lipinski definition) is 3. The predicted molar refractivity (Wildman–Crippen MR) is 112 cm³/mol. The first-order valence-electron chi connectivity index (χ1n) is 10.8. The number of benzene rings is 1. The fraction of sp³-hybridized carbons (Fsp3) is 0.652. The summed E-state index contributed by atoms with van der Waals surface area (Å²) in [6.07, 6.45) is 8.66. The number of likely N-dealkylation sites (tertiary alicyclic amines) is 1. The van der Waals surface area contributed by atoms with Crippen LogP contribution in [0.1, 0.15) is 63.9 Å². The van der Waals surface area contributed by atoms with Crippen LogP contribution < -0.4 is 10.6 Å². The Morgan fingerprint density at radius 1 is 1.04 bits per heavy atom. The lowest BCUT2D eigenvalue weighted by Gasteiger charge is -2.38. The second-order valence-corrected chi connectivity index (χ2v) is 8.68. The van der Waals surface area contributed by atoms with Crippen molar-refractivity contribution >= 4 is 11.8 Å². The van der Waals surface area contributed by atoms with Crippen molar-refractivity contribution in [1.29, 1.82) is 0 Å². The molecule has 0 unspecified atom stereocenters. The van der Waals surface area contributed by atoms with E-state index >= 15 is 0 Å². The highest BCUT2D eigenvalue weighted by Gasteiger charge is 2.35. The number of carbonyl (C=O) groups is 2. The highest BCUT2D eigenvalue weighted by atomic mass is 16.2. The Balaban J connectivity index is 1.53. The average Bonchev–Trinajstić information content (AvgIpc) is 3.05. The number of carbonyl (C=O) groups excluding carboxylic acids is 2. The smallest absolute Gasteiger partial charge is 0.221 e. The molecule has 1 aliphatic heterocycles. The van der Waals surface area contributed by atoms with Crippen LogP contribution in [0.4, 0.5) is 0 Å². The second kappa shape index (κ2) is 9.55. The molecule has 1 aliphatic carbocycles. The van der Waals surface area contributed by atoms with E-state index in [-0.39, 0.29) is 23.3 Å². The van der Waals surface area contributed by atoms with Gasteiger partial charge >= 0.3 is 0 Å². The molecule has 0 aromatic heterocycles. The molecule has 1 heterocycles. The highest BCUT2D eigenvalue weighted by molar-refractivity contribution is 5.76. The molecule has 1 aromatic rings. The lowest BCUT2D eigenvalue weighted by Crippen LogP contribution is -2.45. The van der Waals surface area contributed by atoms with Crippen LogP contribution in [0.2, 0.25) is 0 Å². The van der Waals surface area contributed by atoms with E-state index in [1.807, 2.05) is 0 Å². The largest absolute Gasteiger partial charge is 0.355 e. The number of rotatable bonds is 7. The summed E-state index contributed by atoms with van der Waals surface area (Å²) in [6.45, 7) is 2.95. The zero-order valence-corrected chi connectivity index (χ0v) is 17.4. The minimum atomic E-state index is 0.00767. The number of amides is 2. The van der Waals surface area contributed by atoms with E-state index < -0.39 is 0 Å². The van der Waals surface area contributed by atoms with Gasteiger partial charge in [-0.2, -0.15) is 0 Å². The molecule has 1 saturated carbocycles. The Labute approximate surface area is 169 Å². The maximum absolute atomic E-state index is 12.7. The lowest BCUT2D eigenvalue weighted by atomic mass is 9.69. The van der Waals surface area contributed by atoms with Gasteiger partial charge in [-0.15, -0.1) is 0 Å². The van der Waals surface area contributed by atoms with Crippen LogP contribution in [0.15, 0.2) is 30.3 Å². The lowest BCUT2D eigenvalue weighted by molar-refractivity contribution is -0.122. The summed E-state index contributed by atoms with van der Waals surface area (Å²) in [4.78, 5) is 26.1. The number of nitrogens with zero attached hydrogens (tertiary/aromatic N) is 1. The Hall–Kier alpha value is -1.88. The Morgan fingerprint density at radius 3 is 2.39 bits per heavy atom. The Bertz CT molecular complexity index is 655. The van der Waals surface area contributed by atoms with Gasteiger partial charge in [0.2, 0.25) is 11.8 Å². The van der Waals surface area contributed by atoms with Crippen LogP contribution in [0.3, 0.4) is 0 Å². The monoisotopic (exact) mass is 385 g/mol. The fourth-order valence-corrected chi connectivity index (χ4v) is 4.99. The molecule has 2 aliphatic rings. The third-order valence-electron chi connectivity index (χ3n) is 6.81. The van der Waals surface area contributed by atoms with Crippen molar-refractivity contribution in [3.63, 3.8) is 0 Å². The summed E-state index contributed by atoms with van der Waals surface area (Å²) >= 11 is 0. The van der Waals surface area contributed by atoms with Crippen molar-refractivity contribution < 1.29 is 9.59 Å². The number of likely N-dealkylation sites (N-methyl/N-ethyl adjacent to an activating group) is 1. The topological polar surface area (TPSA) is 61.4 Å². The van der Waals surface area contributed by atoms with Crippen molar-refractivity contribution in [3.8, 4) is 0 Å². The molecular weight excluding hydrogens is 350 g/mol. The molecule has 0 radical (unpaired) electrons. The minimum Gasteiger partial charge on any atom is -0.355 e. The van der Waals surface area contributed by atoms with Gasteiger partial charge < -0.3 is 10.6 Å². The molecule has 3 rings (SSSR count). The molecular formula is C23H35N3O2. The van der Waals surface area contributed by atoms with Gasteiger partial charge in [0, 0.05) is 43.9 Å². The van der Waals surface area contributed by atoms with Crippen LogP contribution in [-0.4, -0.2) is 48.9 Å². The van der Waals surface area contributed by atoms with Gasteiger partial charge in [-0.3, -0.25) is 14.5 Å². The van der Waals surface area contributed by atoms with Crippen molar-refractivity contribution in [2.45, 2.75) is 75.8 Å². The molecule has 0 bridgehead atoms. The van der Waals surface area contributed by atoms with E-state index in [0.29, 0.717) is 19.0 Å². The molecule has 2 fully saturated rings. The zero-order valence-electron chi connectivity index (χ0n) is 17.4. The summed E-state index contributed by atoms with van der Waals surface area (Å²) in [6, 6.07) is 11.3. The van der Waals surface area contributed by atoms with E-state index in [4.69, 9.17) is 0 Å². The molecule has 154 valence electrons. The van der Waals surface area contributed by atoms with Gasteiger partial charge in [-0.25, -0.2) is 0 Å². The summed E-state index contributed by atoms with van der Waals surface area (Å²) < 4.78 is 0. The maximum Gasteiger partial charge on any atom is 0.221 e. The van der Waals surface area contributed by atoms with Crippen molar-refractivity contribution in [1.82, 2.24) is 15.5 Å². The standard InChI is InChI=1S/C23H35N3O2/c1-18(27)24-16-21-12-11-20(26(21)2)15-22(28)25-17-23(13-7-4-8-14-23)19-9-5-3-6-10-19/h3,5-6,9-10,20-21H,4,7-8,11-17H2,1-2H3,(H,24,27)(H,25,28)/t20-,21+/m0/s1. The third kappa shape index (κ3) is 5.13. The van der Waals surface area contributed by atoms with Gasteiger partial charge in [-0.1, -0.05) is 49.6 Å². The second-order valence-electron chi connectivity index (χ2n) is 8.68. The molecule has 28 heavy (non-hydrogen) atoms. The number of hydrogen-bond donors (Lipinski definition) is 2. The van der Waals surface area contributed by atoms with E-state index in [2.05, 4.69) is 52.9 Å². The quantitative estimate of drug-likeness (QED) is 0.758. The first-order valence-corrected chi connectivity index (χ1v) is 10.8. The van der Waals surface area contributed by atoms with Gasteiger partial charge in [0.05, 0.1) is 0 Å². The molecule has 1 aromatic carbocycles. The zero-order chi connectivity index (χ0) is 20.0. The Kier molecular flexibility index (Phi) is 7.11. The van der Waals surface area contributed by atoms with Crippen LogP contribution in [0, 0.1) is 0 Å². The average molecular weight is 386 g/mol. The third-order valence-corrected chi connectivity index (χ3v) is 6.81. The first-order chi connectivity index (χ1) is 13.5. The van der Waals surface area contributed by atoms with Gasteiger partial charge in [0.1, 0.15) is 0 Å². The van der Waals surface area contributed by atoms with Crippen LogP contribution >= 0.6 is 0 Å². The van der Waals surface area contributed by atoms with Gasteiger partial charge in [-0.05, 0) is 38.3 Å². The van der Waals surface area contributed by atoms with Gasteiger partial charge in [0.25, 0.3) is 0 Å². The van der Waals surface area contributed by atoms with Crippen LogP contribution in [0.5, 0.6) is 0 Å². The molecule has 5 heteroatoms.